The van der Waals surface area contributed by atoms with Crippen LogP contribution in [0.3, 0.4) is 0 Å². The maximum absolute atomic E-state index is 11.8. The summed E-state index contributed by atoms with van der Waals surface area (Å²) in [6, 6.07) is 1.77. The molecule has 114 valence electrons. The molecular weight excluding hydrogens is 286 g/mol. The molecule has 1 N–H and O–H groups in total. The number of hydrogen-bond acceptors (Lipinski definition) is 6. The number of rotatable bonds is 5. The lowest BCUT2D eigenvalue weighted by Crippen LogP contribution is -2.11. The van der Waals surface area contributed by atoms with Crippen molar-refractivity contribution in [2.75, 3.05) is 5.32 Å². The molecular formula is C14H15N5O3. The Bertz CT molecular complexity index is 786. The van der Waals surface area contributed by atoms with E-state index in [0.717, 1.165) is 5.56 Å². The molecule has 22 heavy (non-hydrogen) atoms. The molecule has 0 unspecified atom stereocenters. The minimum atomic E-state index is -0.132. The predicted octanol–water partition coefficient (Wildman–Crippen LogP) is 1.94. The molecule has 0 aromatic carbocycles. The van der Waals surface area contributed by atoms with E-state index in [4.69, 9.17) is 8.83 Å². The summed E-state index contributed by atoms with van der Waals surface area (Å²) >= 11 is 0. The van der Waals surface area contributed by atoms with Crippen molar-refractivity contribution in [3.05, 3.63) is 36.4 Å². The van der Waals surface area contributed by atoms with Crippen LogP contribution in [-0.4, -0.2) is 25.9 Å². The fourth-order valence-corrected chi connectivity index (χ4v) is 2.00. The lowest BCUT2D eigenvalue weighted by atomic mass is 10.2. The maximum Gasteiger partial charge on any atom is 0.251 e. The molecule has 0 radical (unpaired) electrons. The van der Waals surface area contributed by atoms with Gasteiger partial charge in [0.15, 0.2) is 0 Å². The molecule has 3 heterocycles. The molecule has 0 fully saturated rings. The Balaban J connectivity index is 1.57. The zero-order chi connectivity index (χ0) is 15.5. The molecule has 1 amide bonds. The molecule has 0 saturated carbocycles. The minimum Gasteiger partial charge on any atom is -0.469 e. The van der Waals surface area contributed by atoms with Crippen molar-refractivity contribution < 1.29 is 13.6 Å². The quantitative estimate of drug-likeness (QED) is 0.773. The maximum atomic E-state index is 11.8. The first kappa shape index (κ1) is 14.1. The van der Waals surface area contributed by atoms with Gasteiger partial charge >= 0.3 is 0 Å². The summed E-state index contributed by atoms with van der Waals surface area (Å²) < 4.78 is 12.3. The zero-order valence-corrected chi connectivity index (χ0v) is 12.2. The second-order valence-corrected chi connectivity index (χ2v) is 4.84. The van der Waals surface area contributed by atoms with E-state index in [1.54, 1.807) is 36.5 Å². The number of anilines is 1. The van der Waals surface area contributed by atoms with E-state index in [0.29, 0.717) is 29.6 Å². The van der Waals surface area contributed by atoms with Crippen LogP contribution in [0.5, 0.6) is 0 Å². The minimum absolute atomic E-state index is 0.132. The first-order chi connectivity index (χ1) is 10.6. The summed E-state index contributed by atoms with van der Waals surface area (Å²) in [7, 11) is 1.79. The van der Waals surface area contributed by atoms with Crippen molar-refractivity contribution in [1.29, 1.82) is 0 Å². The highest BCUT2D eigenvalue weighted by Gasteiger charge is 2.14. The van der Waals surface area contributed by atoms with Crippen LogP contribution < -0.4 is 5.32 Å². The third kappa shape index (κ3) is 3.05. The van der Waals surface area contributed by atoms with Crippen LogP contribution in [0.2, 0.25) is 0 Å². The lowest BCUT2D eigenvalue weighted by molar-refractivity contribution is -0.116. The van der Waals surface area contributed by atoms with E-state index in [1.165, 1.54) is 0 Å². The van der Waals surface area contributed by atoms with Gasteiger partial charge in [-0.05, 0) is 13.0 Å². The van der Waals surface area contributed by atoms with Crippen LogP contribution in [0.1, 0.15) is 18.1 Å². The first-order valence-electron chi connectivity index (χ1n) is 6.77. The zero-order valence-electron chi connectivity index (χ0n) is 12.2. The molecule has 8 nitrogen and oxygen atoms in total. The van der Waals surface area contributed by atoms with Crippen LogP contribution in [0.15, 0.2) is 33.6 Å². The van der Waals surface area contributed by atoms with E-state index >= 15 is 0 Å². The molecule has 0 atom stereocenters. The third-order valence-electron chi connectivity index (χ3n) is 3.11. The van der Waals surface area contributed by atoms with E-state index in [-0.39, 0.29) is 12.3 Å². The molecule has 0 spiro atoms. The van der Waals surface area contributed by atoms with Gasteiger partial charge in [-0.1, -0.05) is 0 Å². The molecule has 3 aromatic rings. The normalized spacial score (nSPS) is 10.8. The highest BCUT2D eigenvalue weighted by molar-refractivity contribution is 5.90. The Labute approximate surface area is 126 Å². The van der Waals surface area contributed by atoms with Gasteiger partial charge in [-0.3, -0.25) is 9.48 Å². The van der Waals surface area contributed by atoms with Crippen LogP contribution >= 0.6 is 0 Å². The summed E-state index contributed by atoms with van der Waals surface area (Å²) in [4.78, 5) is 11.8. The molecule has 3 rings (SSSR count). The van der Waals surface area contributed by atoms with Gasteiger partial charge in [-0.2, -0.15) is 5.10 Å². The smallest absolute Gasteiger partial charge is 0.251 e. The van der Waals surface area contributed by atoms with Crippen molar-refractivity contribution in [2.45, 2.75) is 19.8 Å². The number of hydrogen-bond donors (Lipinski definition) is 1. The summed E-state index contributed by atoms with van der Waals surface area (Å²) in [6.45, 7) is 1.82. The third-order valence-corrected chi connectivity index (χ3v) is 3.11. The lowest BCUT2D eigenvalue weighted by Gasteiger charge is -1.99. The largest absolute Gasteiger partial charge is 0.469 e. The number of aromatic nitrogens is 4. The number of amides is 1. The van der Waals surface area contributed by atoms with Gasteiger partial charge in [0.2, 0.25) is 11.8 Å². The molecule has 0 aliphatic carbocycles. The number of nitrogens with one attached hydrogen (secondary N) is 1. The van der Waals surface area contributed by atoms with E-state index < -0.39 is 0 Å². The van der Waals surface area contributed by atoms with Gasteiger partial charge in [0.1, 0.15) is 5.76 Å². The fourth-order valence-electron chi connectivity index (χ4n) is 2.00. The van der Waals surface area contributed by atoms with E-state index in [2.05, 4.69) is 20.6 Å². The standard InChI is InChI=1S/C14H15N5O3/c1-9-11(5-6-21-9)14-18-17-13(22-14)4-3-12(20)16-10-7-15-19(2)8-10/h5-8H,3-4H2,1-2H3,(H,16,20). The Morgan fingerprint density at radius 2 is 2.27 bits per heavy atom. The highest BCUT2D eigenvalue weighted by Crippen LogP contribution is 2.23. The van der Waals surface area contributed by atoms with Gasteiger partial charge in [-0.25, -0.2) is 0 Å². The second kappa shape index (κ2) is 5.84. The van der Waals surface area contributed by atoms with E-state index in [1.807, 2.05) is 6.92 Å². The predicted molar refractivity (Wildman–Crippen MR) is 76.9 cm³/mol. The molecule has 0 saturated heterocycles. The topological polar surface area (TPSA) is 99.0 Å². The highest BCUT2D eigenvalue weighted by atomic mass is 16.4. The van der Waals surface area contributed by atoms with Crippen molar-refractivity contribution >= 4 is 11.6 Å². The Morgan fingerprint density at radius 1 is 1.41 bits per heavy atom. The van der Waals surface area contributed by atoms with Gasteiger partial charge < -0.3 is 14.2 Å². The summed E-state index contributed by atoms with van der Waals surface area (Å²) in [5.41, 5.74) is 1.42. The van der Waals surface area contributed by atoms with Gasteiger partial charge in [0.25, 0.3) is 5.89 Å². The average Bonchev–Trinajstić information content (AvgIpc) is 3.18. The molecule has 3 aromatic heterocycles. The van der Waals surface area contributed by atoms with Crippen molar-refractivity contribution in [2.24, 2.45) is 7.05 Å². The average molecular weight is 301 g/mol. The first-order valence-corrected chi connectivity index (χ1v) is 6.77. The van der Waals surface area contributed by atoms with Gasteiger partial charge in [-0.15, -0.1) is 10.2 Å². The molecule has 0 aliphatic heterocycles. The van der Waals surface area contributed by atoms with Gasteiger partial charge in [0.05, 0.1) is 23.7 Å². The number of aryl methyl sites for hydroxylation is 3. The number of carbonyl (C=O) groups excluding carboxylic acids is 1. The van der Waals surface area contributed by atoms with Crippen LogP contribution in [0.4, 0.5) is 5.69 Å². The number of carbonyl (C=O) groups is 1. The van der Waals surface area contributed by atoms with Crippen LogP contribution in [0, 0.1) is 6.92 Å². The monoisotopic (exact) mass is 301 g/mol. The van der Waals surface area contributed by atoms with Crippen LogP contribution in [-0.2, 0) is 18.3 Å². The van der Waals surface area contributed by atoms with Crippen molar-refractivity contribution in [3.8, 4) is 11.5 Å². The Hall–Kier alpha value is -2.90. The van der Waals surface area contributed by atoms with Crippen molar-refractivity contribution in [1.82, 2.24) is 20.0 Å². The summed E-state index contributed by atoms with van der Waals surface area (Å²) in [5.74, 6) is 1.39. The second-order valence-electron chi connectivity index (χ2n) is 4.84. The number of furan rings is 1. The molecule has 0 aliphatic rings. The summed E-state index contributed by atoms with van der Waals surface area (Å²) in [5, 5.41) is 14.6. The molecule has 0 bridgehead atoms. The number of nitrogens with zero attached hydrogens (tertiary/aromatic N) is 4. The summed E-state index contributed by atoms with van der Waals surface area (Å²) in [6.07, 6.45) is 5.50. The Kier molecular flexibility index (Phi) is 3.73. The van der Waals surface area contributed by atoms with Gasteiger partial charge in [0, 0.05) is 26.1 Å². The van der Waals surface area contributed by atoms with Crippen molar-refractivity contribution in [3.63, 3.8) is 0 Å². The van der Waals surface area contributed by atoms with E-state index in [9.17, 15) is 4.79 Å². The Morgan fingerprint density at radius 3 is 2.95 bits per heavy atom. The SMILES string of the molecule is Cc1occc1-c1nnc(CCC(=O)Nc2cnn(C)c2)o1. The molecule has 8 heteroatoms. The van der Waals surface area contributed by atoms with Crippen LogP contribution in [0.25, 0.3) is 11.5 Å². The fraction of sp³-hybridized carbons (Fsp3) is 0.286.